The number of carbonyl (C=O) groups excluding carboxylic acids is 1. The molecular formula is C14H14BrNO2. The molecule has 0 saturated heterocycles. The van der Waals surface area contributed by atoms with Gasteiger partial charge in [-0.05, 0) is 53.0 Å². The van der Waals surface area contributed by atoms with Gasteiger partial charge in [-0.1, -0.05) is 12.1 Å². The molecule has 0 fully saturated rings. The summed E-state index contributed by atoms with van der Waals surface area (Å²) in [7, 11) is 0. The molecule has 3 nitrogen and oxygen atoms in total. The van der Waals surface area contributed by atoms with E-state index in [9.17, 15) is 4.79 Å². The Hall–Kier alpha value is -1.55. The molecule has 0 unspecified atom stereocenters. The van der Waals surface area contributed by atoms with Crippen LogP contribution >= 0.6 is 15.9 Å². The van der Waals surface area contributed by atoms with Crippen molar-refractivity contribution >= 4 is 21.8 Å². The second-order valence-corrected chi connectivity index (χ2v) is 5.04. The van der Waals surface area contributed by atoms with Crippen molar-refractivity contribution in [2.75, 3.05) is 0 Å². The highest BCUT2D eigenvalue weighted by Crippen LogP contribution is 2.16. The van der Waals surface area contributed by atoms with Crippen LogP contribution in [0.2, 0.25) is 0 Å². The first-order valence-corrected chi connectivity index (χ1v) is 6.52. The molecule has 0 spiro atoms. The monoisotopic (exact) mass is 307 g/mol. The summed E-state index contributed by atoms with van der Waals surface area (Å²) in [5.41, 5.74) is 1.73. The van der Waals surface area contributed by atoms with Crippen molar-refractivity contribution < 1.29 is 9.21 Å². The SMILES string of the molecule is C[C@@H](Cc1ccoc1)NC(=O)c1ccccc1Br. The van der Waals surface area contributed by atoms with Crippen LogP contribution in [0.4, 0.5) is 0 Å². The molecule has 1 aromatic carbocycles. The summed E-state index contributed by atoms with van der Waals surface area (Å²) in [6.45, 7) is 1.97. The number of amides is 1. The molecule has 0 aliphatic rings. The van der Waals surface area contributed by atoms with Gasteiger partial charge in [-0.2, -0.15) is 0 Å². The number of nitrogens with one attached hydrogen (secondary N) is 1. The fourth-order valence-electron chi connectivity index (χ4n) is 1.76. The second kappa shape index (κ2) is 5.87. The van der Waals surface area contributed by atoms with E-state index in [0.29, 0.717) is 5.56 Å². The largest absolute Gasteiger partial charge is 0.472 e. The second-order valence-electron chi connectivity index (χ2n) is 4.19. The number of benzene rings is 1. The summed E-state index contributed by atoms with van der Waals surface area (Å²) in [6.07, 6.45) is 4.09. The van der Waals surface area contributed by atoms with Crippen LogP contribution in [0.3, 0.4) is 0 Å². The lowest BCUT2D eigenvalue weighted by Crippen LogP contribution is -2.34. The first-order valence-electron chi connectivity index (χ1n) is 5.73. The molecule has 1 aromatic heterocycles. The van der Waals surface area contributed by atoms with E-state index in [2.05, 4.69) is 21.2 Å². The minimum atomic E-state index is -0.0709. The Bertz CT molecular complexity index is 522. The average Bonchev–Trinajstić information content (AvgIpc) is 2.82. The molecular weight excluding hydrogens is 294 g/mol. The van der Waals surface area contributed by atoms with E-state index in [1.807, 2.05) is 31.2 Å². The van der Waals surface area contributed by atoms with E-state index in [4.69, 9.17) is 4.42 Å². The molecule has 0 aliphatic heterocycles. The molecule has 1 amide bonds. The van der Waals surface area contributed by atoms with E-state index in [1.165, 1.54) is 0 Å². The van der Waals surface area contributed by atoms with Gasteiger partial charge < -0.3 is 9.73 Å². The lowest BCUT2D eigenvalue weighted by Gasteiger charge is -2.13. The quantitative estimate of drug-likeness (QED) is 0.940. The van der Waals surface area contributed by atoms with E-state index < -0.39 is 0 Å². The molecule has 0 bridgehead atoms. The molecule has 18 heavy (non-hydrogen) atoms. The third-order valence-corrected chi connectivity index (χ3v) is 3.31. The zero-order chi connectivity index (χ0) is 13.0. The van der Waals surface area contributed by atoms with Crippen LogP contribution in [-0.2, 0) is 6.42 Å². The summed E-state index contributed by atoms with van der Waals surface area (Å²) in [4.78, 5) is 12.0. The summed E-state index contributed by atoms with van der Waals surface area (Å²) in [5.74, 6) is -0.0709. The third kappa shape index (κ3) is 3.23. The number of hydrogen-bond donors (Lipinski definition) is 1. The molecule has 2 aromatic rings. The Balaban J connectivity index is 1.97. The molecule has 1 N–H and O–H groups in total. The standard InChI is InChI=1S/C14H14BrNO2/c1-10(8-11-6-7-18-9-11)16-14(17)12-4-2-3-5-13(12)15/h2-7,9-10H,8H2,1H3,(H,16,17)/t10-/m0/s1. The Morgan fingerprint density at radius 3 is 2.83 bits per heavy atom. The third-order valence-electron chi connectivity index (χ3n) is 2.62. The van der Waals surface area contributed by atoms with Crippen molar-refractivity contribution in [1.82, 2.24) is 5.32 Å². The molecule has 1 heterocycles. The fraction of sp³-hybridized carbons (Fsp3) is 0.214. The minimum Gasteiger partial charge on any atom is -0.472 e. The molecule has 94 valence electrons. The predicted molar refractivity (Wildman–Crippen MR) is 73.5 cm³/mol. The Morgan fingerprint density at radius 2 is 2.17 bits per heavy atom. The summed E-state index contributed by atoms with van der Waals surface area (Å²) in [5, 5.41) is 2.96. The van der Waals surface area contributed by atoms with E-state index >= 15 is 0 Å². The van der Waals surface area contributed by atoms with Gasteiger partial charge in [0.2, 0.25) is 0 Å². The fourth-order valence-corrected chi connectivity index (χ4v) is 2.23. The minimum absolute atomic E-state index is 0.0576. The molecule has 0 saturated carbocycles. The normalized spacial score (nSPS) is 12.1. The van der Waals surface area contributed by atoms with Crippen LogP contribution in [0.5, 0.6) is 0 Å². The van der Waals surface area contributed by atoms with Crippen LogP contribution in [0, 0.1) is 0 Å². The van der Waals surface area contributed by atoms with Gasteiger partial charge in [0.15, 0.2) is 0 Å². The van der Waals surface area contributed by atoms with Crippen molar-refractivity contribution in [3.8, 4) is 0 Å². The molecule has 0 radical (unpaired) electrons. The van der Waals surface area contributed by atoms with Crippen molar-refractivity contribution in [2.45, 2.75) is 19.4 Å². The Kier molecular flexibility index (Phi) is 4.20. The van der Waals surface area contributed by atoms with E-state index in [1.54, 1.807) is 18.6 Å². The predicted octanol–water partition coefficient (Wildman–Crippen LogP) is 3.40. The maximum absolute atomic E-state index is 12.0. The topological polar surface area (TPSA) is 42.2 Å². The van der Waals surface area contributed by atoms with E-state index in [0.717, 1.165) is 16.5 Å². The lowest BCUT2D eigenvalue weighted by atomic mass is 10.1. The van der Waals surface area contributed by atoms with Gasteiger partial charge in [0.05, 0.1) is 18.1 Å². The van der Waals surface area contributed by atoms with Crippen LogP contribution in [0.1, 0.15) is 22.8 Å². The zero-order valence-electron chi connectivity index (χ0n) is 10.0. The van der Waals surface area contributed by atoms with Crippen molar-refractivity contribution in [3.63, 3.8) is 0 Å². The summed E-state index contributed by atoms with van der Waals surface area (Å²) >= 11 is 3.37. The van der Waals surface area contributed by atoms with Crippen molar-refractivity contribution in [2.24, 2.45) is 0 Å². The number of carbonyl (C=O) groups is 1. The van der Waals surface area contributed by atoms with Gasteiger partial charge in [-0.25, -0.2) is 0 Å². The first-order chi connectivity index (χ1) is 8.66. The van der Waals surface area contributed by atoms with Crippen molar-refractivity contribution in [1.29, 1.82) is 0 Å². The highest BCUT2D eigenvalue weighted by molar-refractivity contribution is 9.10. The van der Waals surface area contributed by atoms with Gasteiger partial charge >= 0.3 is 0 Å². The van der Waals surface area contributed by atoms with E-state index in [-0.39, 0.29) is 11.9 Å². The van der Waals surface area contributed by atoms with Gasteiger partial charge in [0.1, 0.15) is 0 Å². The van der Waals surface area contributed by atoms with Gasteiger partial charge in [-0.3, -0.25) is 4.79 Å². The van der Waals surface area contributed by atoms with Crippen LogP contribution in [0.15, 0.2) is 51.7 Å². The smallest absolute Gasteiger partial charge is 0.252 e. The molecule has 0 aliphatic carbocycles. The van der Waals surface area contributed by atoms with Crippen LogP contribution in [0.25, 0.3) is 0 Å². The number of rotatable bonds is 4. The Morgan fingerprint density at radius 1 is 1.39 bits per heavy atom. The summed E-state index contributed by atoms with van der Waals surface area (Å²) < 4.78 is 5.81. The van der Waals surface area contributed by atoms with Crippen LogP contribution < -0.4 is 5.32 Å². The number of halogens is 1. The number of furan rings is 1. The lowest BCUT2D eigenvalue weighted by molar-refractivity contribution is 0.0939. The highest BCUT2D eigenvalue weighted by atomic mass is 79.9. The first kappa shape index (κ1) is 12.9. The van der Waals surface area contributed by atoms with Gasteiger partial charge in [-0.15, -0.1) is 0 Å². The maximum atomic E-state index is 12.0. The van der Waals surface area contributed by atoms with Crippen LogP contribution in [-0.4, -0.2) is 11.9 Å². The summed E-state index contributed by atoms with van der Waals surface area (Å²) in [6, 6.07) is 9.35. The molecule has 2 rings (SSSR count). The average molecular weight is 308 g/mol. The Labute approximate surface area is 114 Å². The van der Waals surface area contributed by atoms with Gasteiger partial charge in [0, 0.05) is 10.5 Å². The zero-order valence-corrected chi connectivity index (χ0v) is 11.6. The van der Waals surface area contributed by atoms with Gasteiger partial charge in [0.25, 0.3) is 5.91 Å². The van der Waals surface area contributed by atoms with Crippen molar-refractivity contribution in [3.05, 3.63) is 58.5 Å². The molecule has 1 atom stereocenters. The maximum Gasteiger partial charge on any atom is 0.252 e. The number of hydrogen-bond acceptors (Lipinski definition) is 2. The molecule has 4 heteroatoms. The highest BCUT2D eigenvalue weighted by Gasteiger charge is 2.12.